The first kappa shape index (κ1) is 11.4. The third-order valence-electron chi connectivity index (χ3n) is 2.34. The minimum atomic E-state index is -0.813. The van der Waals surface area contributed by atoms with Gasteiger partial charge in [0.1, 0.15) is 0 Å². The van der Waals surface area contributed by atoms with Crippen LogP contribution in [0, 0.1) is 0 Å². The van der Waals surface area contributed by atoms with E-state index in [0.717, 1.165) is 0 Å². The second kappa shape index (κ2) is 4.26. The molecule has 1 rings (SSSR count). The summed E-state index contributed by atoms with van der Waals surface area (Å²) in [6, 6.07) is 8.84. The van der Waals surface area contributed by atoms with Crippen LogP contribution in [0.5, 0.6) is 0 Å². The highest BCUT2D eigenvalue weighted by Gasteiger charge is 2.25. The minimum absolute atomic E-state index is 0.0632. The van der Waals surface area contributed by atoms with E-state index < -0.39 is 5.54 Å². The molecule has 0 aliphatic heterocycles. The zero-order chi connectivity index (χ0) is 11.5. The fraction of sp³-hybridized carbons (Fsp3) is 0.333. The van der Waals surface area contributed by atoms with Gasteiger partial charge < -0.3 is 5.32 Å². The van der Waals surface area contributed by atoms with Gasteiger partial charge in [0.15, 0.2) is 5.78 Å². The molecule has 1 N–H and O–H groups in total. The van der Waals surface area contributed by atoms with Gasteiger partial charge in [0.25, 0.3) is 5.91 Å². The van der Waals surface area contributed by atoms with Crippen molar-refractivity contribution in [2.45, 2.75) is 26.3 Å². The summed E-state index contributed by atoms with van der Waals surface area (Å²) in [5.74, 6) is -0.289. The van der Waals surface area contributed by atoms with Crippen LogP contribution in [0.25, 0.3) is 0 Å². The molecule has 0 heterocycles. The Morgan fingerprint density at radius 2 is 1.67 bits per heavy atom. The van der Waals surface area contributed by atoms with E-state index in [0.29, 0.717) is 5.56 Å². The number of hydrogen-bond donors (Lipinski definition) is 1. The number of hydrogen-bond acceptors (Lipinski definition) is 2. The molecule has 0 saturated carbocycles. The van der Waals surface area contributed by atoms with Crippen molar-refractivity contribution in [2.75, 3.05) is 0 Å². The Morgan fingerprint density at radius 3 is 2.13 bits per heavy atom. The molecule has 1 aromatic rings. The monoisotopic (exact) mass is 205 g/mol. The van der Waals surface area contributed by atoms with E-state index in [2.05, 4.69) is 5.32 Å². The van der Waals surface area contributed by atoms with E-state index in [4.69, 9.17) is 0 Å². The maximum absolute atomic E-state index is 11.7. The first-order chi connectivity index (χ1) is 6.93. The van der Waals surface area contributed by atoms with Crippen LogP contribution in [0.3, 0.4) is 0 Å². The number of carbonyl (C=O) groups is 2. The number of nitrogens with one attached hydrogen (secondary N) is 1. The summed E-state index contributed by atoms with van der Waals surface area (Å²) in [7, 11) is 0. The van der Waals surface area contributed by atoms with Crippen LogP contribution < -0.4 is 5.32 Å². The predicted molar refractivity (Wildman–Crippen MR) is 58.7 cm³/mol. The van der Waals surface area contributed by atoms with E-state index in [-0.39, 0.29) is 11.7 Å². The lowest BCUT2D eigenvalue weighted by Crippen LogP contribution is -2.48. The van der Waals surface area contributed by atoms with Gasteiger partial charge in [0, 0.05) is 5.56 Å². The zero-order valence-electron chi connectivity index (χ0n) is 9.20. The molecule has 3 nitrogen and oxygen atoms in total. The summed E-state index contributed by atoms with van der Waals surface area (Å²) in [5, 5.41) is 2.68. The van der Waals surface area contributed by atoms with Crippen molar-refractivity contribution in [3.8, 4) is 0 Å². The Morgan fingerprint density at radius 1 is 1.13 bits per heavy atom. The molecule has 0 aliphatic rings. The van der Waals surface area contributed by atoms with Crippen LogP contribution >= 0.6 is 0 Å². The summed E-state index contributed by atoms with van der Waals surface area (Å²) in [4.78, 5) is 22.9. The molecule has 0 atom stereocenters. The molecule has 0 saturated heterocycles. The third kappa shape index (κ3) is 2.91. The van der Waals surface area contributed by atoms with Crippen molar-refractivity contribution in [3.63, 3.8) is 0 Å². The molecule has 1 amide bonds. The lowest BCUT2D eigenvalue weighted by Gasteiger charge is -2.22. The Labute approximate surface area is 89.5 Å². The van der Waals surface area contributed by atoms with Crippen molar-refractivity contribution in [3.05, 3.63) is 35.9 Å². The number of ketones is 1. The van der Waals surface area contributed by atoms with Crippen LogP contribution in [-0.2, 0) is 4.79 Å². The lowest BCUT2D eigenvalue weighted by atomic mass is 10.00. The van der Waals surface area contributed by atoms with Crippen molar-refractivity contribution in [2.24, 2.45) is 0 Å². The molecular weight excluding hydrogens is 190 g/mol. The Bertz CT molecular complexity index is 368. The van der Waals surface area contributed by atoms with Crippen LogP contribution in [0.4, 0.5) is 0 Å². The maximum Gasteiger partial charge on any atom is 0.252 e. The van der Waals surface area contributed by atoms with Crippen LogP contribution in [0.15, 0.2) is 30.3 Å². The van der Waals surface area contributed by atoms with E-state index >= 15 is 0 Å². The highest BCUT2D eigenvalue weighted by Crippen LogP contribution is 2.06. The second-order valence-electron chi connectivity index (χ2n) is 4.00. The average Bonchev–Trinajstić information content (AvgIpc) is 2.18. The van der Waals surface area contributed by atoms with Gasteiger partial charge in [0.05, 0.1) is 5.54 Å². The van der Waals surface area contributed by atoms with Gasteiger partial charge in [-0.15, -0.1) is 0 Å². The minimum Gasteiger partial charge on any atom is -0.340 e. The maximum atomic E-state index is 11.7. The smallest absolute Gasteiger partial charge is 0.252 e. The second-order valence-corrected chi connectivity index (χ2v) is 4.00. The largest absolute Gasteiger partial charge is 0.340 e. The van der Waals surface area contributed by atoms with Gasteiger partial charge in [0.2, 0.25) is 0 Å². The van der Waals surface area contributed by atoms with Crippen molar-refractivity contribution >= 4 is 11.7 Å². The number of amides is 1. The van der Waals surface area contributed by atoms with Crippen LogP contribution in [-0.4, -0.2) is 17.2 Å². The number of rotatable bonds is 3. The first-order valence-corrected chi connectivity index (χ1v) is 4.82. The van der Waals surface area contributed by atoms with Crippen molar-refractivity contribution in [1.29, 1.82) is 0 Å². The van der Waals surface area contributed by atoms with Crippen molar-refractivity contribution < 1.29 is 9.59 Å². The van der Waals surface area contributed by atoms with Gasteiger partial charge in [-0.05, 0) is 32.9 Å². The van der Waals surface area contributed by atoms with Gasteiger partial charge in [-0.3, -0.25) is 9.59 Å². The molecule has 0 unspecified atom stereocenters. The highest BCUT2D eigenvalue weighted by molar-refractivity contribution is 5.98. The topological polar surface area (TPSA) is 46.2 Å². The summed E-state index contributed by atoms with van der Waals surface area (Å²) < 4.78 is 0. The summed E-state index contributed by atoms with van der Waals surface area (Å²) in [6.07, 6.45) is 0. The van der Waals surface area contributed by atoms with E-state index in [1.54, 1.807) is 38.1 Å². The zero-order valence-corrected chi connectivity index (χ0v) is 9.20. The molecule has 80 valence electrons. The fourth-order valence-corrected chi connectivity index (χ4v) is 1.03. The molecule has 0 fully saturated rings. The highest BCUT2D eigenvalue weighted by atomic mass is 16.2. The van der Waals surface area contributed by atoms with Crippen LogP contribution in [0.1, 0.15) is 31.1 Å². The number of benzene rings is 1. The summed E-state index contributed by atoms with van der Waals surface area (Å²) in [6.45, 7) is 4.84. The molecule has 0 bridgehead atoms. The predicted octanol–water partition coefficient (Wildman–Crippen LogP) is 1.78. The van der Waals surface area contributed by atoms with Gasteiger partial charge in [-0.2, -0.15) is 0 Å². The average molecular weight is 205 g/mol. The lowest BCUT2D eigenvalue weighted by molar-refractivity contribution is -0.121. The Kier molecular flexibility index (Phi) is 3.24. The summed E-state index contributed by atoms with van der Waals surface area (Å²) >= 11 is 0. The molecule has 3 heteroatoms. The SMILES string of the molecule is CC(=O)C(C)(C)NC(=O)c1ccccc1. The number of Topliss-reactive ketones (excluding diaryl/α,β-unsaturated/α-hetero) is 1. The van der Waals surface area contributed by atoms with Crippen molar-refractivity contribution in [1.82, 2.24) is 5.32 Å². The van der Waals surface area contributed by atoms with E-state index in [1.807, 2.05) is 6.07 Å². The molecule has 0 spiro atoms. The van der Waals surface area contributed by atoms with E-state index in [1.165, 1.54) is 6.92 Å². The molecule has 15 heavy (non-hydrogen) atoms. The first-order valence-electron chi connectivity index (χ1n) is 4.82. The summed E-state index contributed by atoms with van der Waals surface area (Å²) in [5.41, 5.74) is -0.251. The molecule has 1 aromatic carbocycles. The fourth-order valence-electron chi connectivity index (χ4n) is 1.03. The van der Waals surface area contributed by atoms with Gasteiger partial charge in [-0.25, -0.2) is 0 Å². The quantitative estimate of drug-likeness (QED) is 0.817. The third-order valence-corrected chi connectivity index (χ3v) is 2.34. The normalized spacial score (nSPS) is 10.9. The number of carbonyl (C=O) groups excluding carboxylic acids is 2. The van der Waals surface area contributed by atoms with Gasteiger partial charge in [-0.1, -0.05) is 18.2 Å². The molecule has 0 aromatic heterocycles. The van der Waals surface area contributed by atoms with Crippen LogP contribution in [0.2, 0.25) is 0 Å². The van der Waals surface area contributed by atoms with Gasteiger partial charge >= 0.3 is 0 Å². The van der Waals surface area contributed by atoms with E-state index in [9.17, 15) is 9.59 Å². The Balaban J connectivity index is 2.77. The molecule has 0 radical (unpaired) electrons. The standard InChI is InChI=1S/C12H15NO2/c1-9(14)12(2,3)13-11(15)10-7-5-4-6-8-10/h4-8H,1-3H3,(H,13,15). The molecular formula is C12H15NO2. The Hall–Kier alpha value is -1.64. The molecule has 0 aliphatic carbocycles.